The second-order valence-electron chi connectivity index (χ2n) is 5.50. The second kappa shape index (κ2) is 10.4. The van der Waals surface area contributed by atoms with Gasteiger partial charge in [0.15, 0.2) is 5.78 Å². The van der Waals surface area contributed by atoms with Crippen LogP contribution in [0.25, 0.3) is 0 Å². The summed E-state index contributed by atoms with van der Waals surface area (Å²) in [6.07, 6.45) is 8.25. The van der Waals surface area contributed by atoms with Gasteiger partial charge in [0.1, 0.15) is 6.10 Å². The molecule has 0 aromatic rings. The maximum Gasteiger partial charge on any atom is 0.161 e. The van der Waals surface area contributed by atoms with E-state index in [0.29, 0.717) is 18.8 Å². The van der Waals surface area contributed by atoms with Crippen molar-refractivity contribution in [1.29, 1.82) is 0 Å². The monoisotopic (exact) mass is 270 g/mol. The predicted molar refractivity (Wildman–Crippen MR) is 77.3 cm³/mol. The molecule has 3 nitrogen and oxygen atoms in total. The van der Waals surface area contributed by atoms with Crippen molar-refractivity contribution in [2.75, 3.05) is 19.8 Å². The van der Waals surface area contributed by atoms with Crippen molar-refractivity contribution in [3.05, 3.63) is 0 Å². The zero-order chi connectivity index (χ0) is 13.9. The van der Waals surface area contributed by atoms with Gasteiger partial charge in [0.25, 0.3) is 0 Å². The van der Waals surface area contributed by atoms with Crippen molar-refractivity contribution in [1.82, 2.24) is 0 Å². The van der Waals surface area contributed by atoms with Crippen LogP contribution in [0, 0.1) is 5.92 Å². The van der Waals surface area contributed by atoms with E-state index in [1.54, 1.807) is 0 Å². The van der Waals surface area contributed by atoms with Gasteiger partial charge in [-0.25, -0.2) is 0 Å². The molecule has 1 atom stereocenters. The number of unbranched alkanes of at least 4 members (excludes halogenated alkanes) is 1. The molecule has 0 aromatic heterocycles. The van der Waals surface area contributed by atoms with Crippen molar-refractivity contribution in [3.63, 3.8) is 0 Å². The molecule has 19 heavy (non-hydrogen) atoms. The quantitative estimate of drug-likeness (QED) is 0.567. The zero-order valence-corrected chi connectivity index (χ0v) is 12.7. The van der Waals surface area contributed by atoms with Gasteiger partial charge in [0.05, 0.1) is 0 Å². The van der Waals surface area contributed by atoms with Crippen LogP contribution in [0.3, 0.4) is 0 Å². The number of Topliss-reactive ketones (excluding diaryl/α,β-unsaturated/α-hetero) is 1. The summed E-state index contributed by atoms with van der Waals surface area (Å²) >= 11 is 0. The summed E-state index contributed by atoms with van der Waals surface area (Å²) in [6, 6.07) is 0. The van der Waals surface area contributed by atoms with Crippen LogP contribution in [0.1, 0.15) is 65.2 Å². The molecule has 1 aliphatic heterocycles. The summed E-state index contributed by atoms with van der Waals surface area (Å²) in [5, 5.41) is 0. The summed E-state index contributed by atoms with van der Waals surface area (Å²) in [5.41, 5.74) is 0. The van der Waals surface area contributed by atoms with Crippen LogP contribution in [-0.4, -0.2) is 31.7 Å². The van der Waals surface area contributed by atoms with Gasteiger partial charge >= 0.3 is 0 Å². The Bertz CT molecular complexity index is 228. The lowest BCUT2D eigenvalue weighted by molar-refractivity contribution is -0.130. The first-order valence-corrected chi connectivity index (χ1v) is 8.00. The molecule has 112 valence electrons. The number of hydrogen-bond donors (Lipinski definition) is 0. The minimum atomic E-state index is -0.155. The molecule has 0 bridgehead atoms. The van der Waals surface area contributed by atoms with E-state index in [1.165, 1.54) is 25.7 Å². The van der Waals surface area contributed by atoms with Gasteiger partial charge in [0, 0.05) is 26.2 Å². The molecule has 1 heterocycles. The minimum absolute atomic E-state index is 0.155. The van der Waals surface area contributed by atoms with Crippen LogP contribution in [0.2, 0.25) is 0 Å². The third-order valence-electron chi connectivity index (χ3n) is 3.90. The number of ketones is 1. The molecule has 1 saturated heterocycles. The van der Waals surface area contributed by atoms with Gasteiger partial charge in [-0.2, -0.15) is 0 Å². The molecule has 0 N–H and O–H groups in total. The van der Waals surface area contributed by atoms with E-state index in [4.69, 9.17) is 9.47 Å². The van der Waals surface area contributed by atoms with E-state index in [9.17, 15) is 4.79 Å². The van der Waals surface area contributed by atoms with E-state index < -0.39 is 0 Å². The number of carbonyl (C=O) groups excluding carboxylic acids is 1. The Hall–Kier alpha value is -0.410. The van der Waals surface area contributed by atoms with E-state index in [0.717, 1.165) is 38.4 Å². The largest absolute Gasteiger partial charge is 0.381 e. The van der Waals surface area contributed by atoms with E-state index in [1.807, 2.05) is 6.92 Å². The number of hydrogen-bond acceptors (Lipinski definition) is 3. The Labute approximate surface area is 118 Å². The highest BCUT2D eigenvalue weighted by molar-refractivity contribution is 5.82. The highest BCUT2D eigenvalue weighted by atomic mass is 16.5. The highest BCUT2D eigenvalue weighted by Crippen LogP contribution is 2.21. The van der Waals surface area contributed by atoms with Crippen LogP contribution in [-0.2, 0) is 14.3 Å². The van der Waals surface area contributed by atoms with Crippen LogP contribution in [0.4, 0.5) is 0 Å². The Balaban J connectivity index is 2.10. The molecule has 1 fully saturated rings. The van der Waals surface area contributed by atoms with Crippen LogP contribution in [0.5, 0.6) is 0 Å². The molecule has 0 radical (unpaired) electrons. The minimum Gasteiger partial charge on any atom is -0.381 e. The lowest BCUT2D eigenvalue weighted by Gasteiger charge is -2.21. The first-order valence-electron chi connectivity index (χ1n) is 8.00. The maximum absolute atomic E-state index is 12.0. The lowest BCUT2D eigenvalue weighted by atomic mass is 9.93. The van der Waals surface area contributed by atoms with Crippen LogP contribution >= 0.6 is 0 Å². The predicted octanol–water partition coefficient (Wildman–Crippen LogP) is 3.75. The molecule has 1 unspecified atom stereocenters. The third kappa shape index (κ3) is 7.07. The Morgan fingerprint density at radius 3 is 2.63 bits per heavy atom. The van der Waals surface area contributed by atoms with Gasteiger partial charge in [-0.15, -0.1) is 0 Å². The molecule has 0 spiro atoms. The number of ether oxygens (including phenoxy) is 2. The summed E-state index contributed by atoms with van der Waals surface area (Å²) in [4.78, 5) is 12.0. The fourth-order valence-electron chi connectivity index (χ4n) is 2.73. The maximum atomic E-state index is 12.0. The number of carbonyl (C=O) groups is 1. The molecule has 0 aliphatic carbocycles. The van der Waals surface area contributed by atoms with Gasteiger partial charge < -0.3 is 9.47 Å². The van der Waals surface area contributed by atoms with E-state index in [2.05, 4.69) is 6.92 Å². The van der Waals surface area contributed by atoms with Gasteiger partial charge in [-0.3, -0.25) is 4.79 Å². The van der Waals surface area contributed by atoms with E-state index in [-0.39, 0.29) is 6.10 Å². The van der Waals surface area contributed by atoms with Crippen LogP contribution in [0.15, 0.2) is 0 Å². The van der Waals surface area contributed by atoms with E-state index >= 15 is 0 Å². The second-order valence-corrected chi connectivity index (χ2v) is 5.50. The fourth-order valence-corrected chi connectivity index (χ4v) is 2.73. The summed E-state index contributed by atoms with van der Waals surface area (Å²) in [7, 11) is 0. The highest BCUT2D eigenvalue weighted by Gasteiger charge is 2.17. The number of rotatable bonds is 10. The topological polar surface area (TPSA) is 35.5 Å². The normalized spacial score (nSPS) is 18.4. The summed E-state index contributed by atoms with van der Waals surface area (Å²) < 4.78 is 10.9. The Morgan fingerprint density at radius 2 is 2.00 bits per heavy atom. The van der Waals surface area contributed by atoms with Crippen molar-refractivity contribution in [3.8, 4) is 0 Å². The van der Waals surface area contributed by atoms with Crippen molar-refractivity contribution in [2.45, 2.75) is 71.3 Å². The Morgan fingerprint density at radius 1 is 1.26 bits per heavy atom. The standard InChI is InChI=1S/C16H30O3/c1-3-7-16(19-4-2)15(17)9-6-5-8-14-10-12-18-13-11-14/h14,16H,3-13H2,1-2H3. The Kier molecular flexibility index (Phi) is 9.10. The summed E-state index contributed by atoms with van der Waals surface area (Å²) in [6.45, 7) is 6.54. The summed E-state index contributed by atoms with van der Waals surface area (Å²) in [5.74, 6) is 1.12. The molecule has 1 aliphatic rings. The average Bonchev–Trinajstić information content (AvgIpc) is 2.44. The molecule has 0 amide bonds. The molecule has 0 saturated carbocycles. The molecule has 0 aromatic carbocycles. The average molecular weight is 270 g/mol. The van der Waals surface area contributed by atoms with Crippen molar-refractivity contribution >= 4 is 5.78 Å². The molecule has 1 rings (SSSR count). The van der Waals surface area contributed by atoms with Crippen LogP contribution < -0.4 is 0 Å². The van der Waals surface area contributed by atoms with Gasteiger partial charge in [-0.1, -0.05) is 26.2 Å². The SMILES string of the molecule is CCCC(OCC)C(=O)CCCCC1CCOCC1. The molecular formula is C16H30O3. The first kappa shape index (κ1) is 16.6. The van der Waals surface area contributed by atoms with Gasteiger partial charge in [-0.05, 0) is 38.5 Å². The smallest absolute Gasteiger partial charge is 0.161 e. The third-order valence-corrected chi connectivity index (χ3v) is 3.90. The first-order chi connectivity index (χ1) is 9.27. The lowest BCUT2D eigenvalue weighted by Crippen LogP contribution is -2.24. The van der Waals surface area contributed by atoms with Crippen molar-refractivity contribution in [2.24, 2.45) is 5.92 Å². The van der Waals surface area contributed by atoms with Crippen molar-refractivity contribution < 1.29 is 14.3 Å². The molecule has 3 heteroatoms. The zero-order valence-electron chi connectivity index (χ0n) is 12.7. The van der Waals surface area contributed by atoms with Gasteiger partial charge in [0.2, 0.25) is 0 Å². The fraction of sp³-hybridized carbons (Fsp3) is 0.938. The molecular weight excluding hydrogens is 240 g/mol.